The number of aryl methyl sites for hydroxylation is 2. The molecule has 114 valence electrons. The monoisotopic (exact) mass is 290 g/mol. The van der Waals surface area contributed by atoms with Crippen molar-refractivity contribution in [2.45, 2.75) is 53.1 Å². The highest BCUT2D eigenvalue weighted by Crippen LogP contribution is 2.09. The van der Waals surface area contributed by atoms with Crippen molar-refractivity contribution in [3.63, 3.8) is 0 Å². The lowest BCUT2D eigenvalue weighted by Crippen LogP contribution is -2.14. The number of unbranched alkanes of at least 4 members (excludes halogenated alkanes) is 1. The molecule has 2 aromatic rings. The van der Waals surface area contributed by atoms with Crippen LogP contribution in [-0.2, 0) is 24.3 Å². The quantitative estimate of drug-likeness (QED) is 0.822. The average Bonchev–Trinajstić information content (AvgIpc) is 2.94. The highest BCUT2D eigenvalue weighted by atomic mass is 16.1. The molecular weight excluding hydrogens is 268 g/mol. The first-order chi connectivity index (χ1) is 10.0. The summed E-state index contributed by atoms with van der Waals surface area (Å²) in [6, 6.07) is 0. The molecule has 0 aliphatic rings. The van der Waals surface area contributed by atoms with Gasteiger partial charge in [0.1, 0.15) is 5.82 Å². The van der Waals surface area contributed by atoms with E-state index in [0.717, 1.165) is 36.6 Å². The van der Waals surface area contributed by atoms with Crippen LogP contribution >= 0.6 is 0 Å². The van der Waals surface area contributed by atoms with Gasteiger partial charge in [-0.1, -0.05) is 13.3 Å². The third-order valence-corrected chi connectivity index (χ3v) is 3.50. The number of nitrogens with zero attached hydrogens (tertiary/aromatic N) is 5. The minimum absolute atomic E-state index is 0.0774. The summed E-state index contributed by atoms with van der Waals surface area (Å²) < 4.78 is 3.91. The number of aromatic nitrogens is 5. The summed E-state index contributed by atoms with van der Waals surface area (Å²) in [6.45, 7) is 7.53. The van der Waals surface area contributed by atoms with Gasteiger partial charge < -0.3 is 10.3 Å². The molecule has 0 saturated carbocycles. The first kappa shape index (κ1) is 15.2. The van der Waals surface area contributed by atoms with E-state index in [9.17, 15) is 4.79 Å². The van der Waals surface area contributed by atoms with E-state index < -0.39 is 5.91 Å². The topological polar surface area (TPSA) is 91.6 Å². The summed E-state index contributed by atoms with van der Waals surface area (Å²) in [5, 5.41) is 4.39. The molecule has 2 rings (SSSR count). The molecule has 0 aliphatic carbocycles. The number of nitrogens with two attached hydrogens (primary N) is 1. The maximum Gasteiger partial charge on any atom is 0.225 e. The Hall–Kier alpha value is -2.18. The lowest BCUT2D eigenvalue weighted by Gasteiger charge is -2.07. The number of imidazole rings is 1. The molecule has 7 heteroatoms. The SMILES string of the molecule is CCCCn1nc(CC(N)=O)nc1Cn1cnc(C)c1C. The van der Waals surface area contributed by atoms with Gasteiger partial charge >= 0.3 is 0 Å². The van der Waals surface area contributed by atoms with Crippen LogP contribution in [0.15, 0.2) is 6.33 Å². The average molecular weight is 290 g/mol. The van der Waals surface area contributed by atoms with Crippen LogP contribution in [0.3, 0.4) is 0 Å². The molecule has 2 N–H and O–H groups in total. The van der Waals surface area contributed by atoms with E-state index in [-0.39, 0.29) is 6.42 Å². The second-order valence-electron chi connectivity index (χ2n) is 5.21. The van der Waals surface area contributed by atoms with Crippen LogP contribution in [0.1, 0.15) is 42.8 Å². The van der Waals surface area contributed by atoms with Gasteiger partial charge in [-0.15, -0.1) is 0 Å². The van der Waals surface area contributed by atoms with Gasteiger partial charge in [0, 0.05) is 12.2 Å². The van der Waals surface area contributed by atoms with E-state index in [2.05, 4.69) is 22.0 Å². The van der Waals surface area contributed by atoms with Gasteiger partial charge in [0.25, 0.3) is 0 Å². The molecule has 0 spiro atoms. The summed E-state index contributed by atoms with van der Waals surface area (Å²) in [5.41, 5.74) is 7.33. The fourth-order valence-corrected chi connectivity index (χ4v) is 2.12. The maximum absolute atomic E-state index is 11.0. The highest BCUT2D eigenvalue weighted by molar-refractivity contribution is 5.75. The van der Waals surface area contributed by atoms with E-state index in [0.29, 0.717) is 12.4 Å². The molecule has 21 heavy (non-hydrogen) atoms. The Morgan fingerprint density at radius 2 is 2.14 bits per heavy atom. The second-order valence-corrected chi connectivity index (χ2v) is 5.21. The van der Waals surface area contributed by atoms with Crippen LogP contribution < -0.4 is 5.73 Å². The first-order valence-electron chi connectivity index (χ1n) is 7.20. The summed E-state index contributed by atoms with van der Waals surface area (Å²) in [6.07, 6.45) is 3.98. The Kier molecular flexibility index (Phi) is 4.72. The molecule has 0 fully saturated rings. The normalized spacial score (nSPS) is 11.0. The zero-order valence-corrected chi connectivity index (χ0v) is 12.8. The Balaban J connectivity index is 2.24. The van der Waals surface area contributed by atoms with Gasteiger partial charge in [-0.05, 0) is 20.3 Å². The van der Waals surface area contributed by atoms with Crippen molar-refractivity contribution in [2.24, 2.45) is 5.73 Å². The Labute approximate surface area is 124 Å². The number of carbonyl (C=O) groups is 1. The Morgan fingerprint density at radius 1 is 1.38 bits per heavy atom. The second kappa shape index (κ2) is 6.51. The number of primary amides is 1. The molecule has 0 aromatic carbocycles. The van der Waals surface area contributed by atoms with Crippen LogP contribution in [0.2, 0.25) is 0 Å². The van der Waals surface area contributed by atoms with Crippen LogP contribution in [0.25, 0.3) is 0 Å². The summed E-state index contributed by atoms with van der Waals surface area (Å²) >= 11 is 0. The van der Waals surface area contributed by atoms with Gasteiger partial charge in [-0.2, -0.15) is 5.10 Å². The summed E-state index contributed by atoms with van der Waals surface area (Å²) in [7, 11) is 0. The van der Waals surface area contributed by atoms with E-state index in [1.807, 2.05) is 23.1 Å². The molecule has 2 aromatic heterocycles. The zero-order chi connectivity index (χ0) is 15.4. The summed E-state index contributed by atoms with van der Waals surface area (Å²) in [5.74, 6) is 0.909. The molecule has 2 heterocycles. The first-order valence-corrected chi connectivity index (χ1v) is 7.20. The Morgan fingerprint density at radius 3 is 2.71 bits per heavy atom. The van der Waals surface area contributed by atoms with Gasteiger partial charge in [-0.25, -0.2) is 14.6 Å². The zero-order valence-electron chi connectivity index (χ0n) is 12.8. The van der Waals surface area contributed by atoms with Crippen molar-refractivity contribution >= 4 is 5.91 Å². The molecule has 1 amide bonds. The molecule has 0 unspecified atom stereocenters. The molecule has 0 aliphatic heterocycles. The lowest BCUT2D eigenvalue weighted by atomic mass is 10.3. The van der Waals surface area contributed by atoms with E-state index >= 15 is 0 Å². The van der Waals surface area contributed by atoms with Crippen molar-refractivity contribution in [2.75, 3.05) is 0 Å². The van der Waals surface area contributed by atoms with Crippen molar-refractivity contribution in [1.29, 1.82) is 0 Å². The van der Waals surface area contributed by atoms with Crippen molar-refractivity contribution in [1.82, 2.24) is 24.3 Å². The van der Waals surface area contributed by atoms with Crippen LogP contribution in [0, 0.1) is 13.8 Å². The largest absolute Gasteiger partial charge is 0.369 e. The molecule has 0 radical (unpaired) electrons. The van der Waals surface area contributed by atoms with Crippen LogP contribution in [-0.4, -0.2) is 30.2 Å². The van der Waals surface area contributed by atoms with Gasteiger partial charge in [0.05, 0.1) is 25.0 Å². The number of amides is 1. The van der Waals surface area contributed by atoms with Crippen molar-refractivity contribution in [3.05, 3.63) is 29.4 Å². The van der Waals surface area contributed by atoms with Crippen molar-refractivity contribution < 1.29 is 4.79 Å². The molecule has 7 nitrogen and oxygen atoms in total. The maximum atomic E-state index is 11.0. The number of rotatable bonds is 7. The minimum atomic E-state index is -0.413. The van der Waals surface area contributed by atoms with E-state index in [1.165, 1.54) is 0 Å². The fourth-order valence-electron chi connectivity index (χ4n) is 2.12. The van der Waals surface area contributed by atoms with E-state index in [1.54, 1.807) is 6.33 Å². The van der Waals surface area contributed by atoms with E-state index in [4.69, 9.17) is 5.73 Å². The predicted octanol–water partition coefficient (Wildman–Crippen LogP) is 0.968. The third-order valence-electron chi connectivity index (χ3n) is 3.50. The molecule has 0 saturated heterocycles. The molecule has 0 bridgehead atoms. The lowest BCUT2D eigenvalue weighted by molar-refractivity contribution is -0.117. The van der Waals surface area contributed by atoms with Gasteiger partial charge in [-0.3, -0.25) is 4.79 Å². The number of hydrogen-bond donors (Lipinski definition) is 1. The van der Waals surface area contributed by atoms with Gasteiger partial charge in [0.2, 0.25) is 5.91 Å². The third kappa shape index (κ3) is 3.68. The minimum Gasteiger partial charge on any atom is -0.369 e. The fraction of sp³-hybridized carbons (Fsp3) is 0.571. The predicted molar refractivity (Wildman–Crippen MR) is 78.6 cm³/mol. The smallest absolute Gasteiger partial charge is 0.225 e. The Bertz CT molecular complexity index is 627. The van der Waals surface area contributed by atoms with Crippen LogP contribution in [0.4, 0.5) is 0 Å². The van der Waals surface area contributed by atoms with Crippen LogP contribution in [0.5, 0.6) is 0 Å². The van der Waals surface area contributed by atoms with Gasteiger partial charge in [0.15, 0.2) is 5.82 Å². The number of hydrogen-bond acceptors (Lipinski definition) is 4. The van der Waals surface area contributed by atoms with Crippen molar-refractivity contribution in [3.8, 4) is 0 Å². The molecule has 0 atom stereocenters. The molecular formula is C14H22N6O. The number of carbonyl (C=O) groups excluding carboxylic acids is 1. The highest BCUT2D eigenvalue weighted by Gasteiger charge is 2.13. The summed E-state index contributed by atoms with van der Waals surface area (Å²) in [4.78, 5) is 19.8. The standard InChI is InChI=1S/C14H22N6O/c1-4-5-6-20-14(17-13(18-20)7-12(15)21)8-19-9-16-10(2)11(19)3/h9H,4-8H2,1-3H3,(H2,15,21).